The van der Waals surface area contributed by atoms with Crippen LogP contribution in [0, 0.1) is 5.82 Å². The third kappa shape index (κ3) is 2.73. The number of rotatable bonds is 5. The number of aromatic amines is 1. The van der Waals surface area contributed by atoms with E-state index in [1.54, 1.807) is 22.8 Å². The third-order valence-corrected chi connectivity index (χ3v) is 3.67. The van der Waals surface area contributed by atoms with Gasteiger partial charge in [-0.25, -0.2) is 9.18 Å². The van der Waals surface area contributed by atoms with Gasteiger partial charge in [0.05, 0.1) is 6.54 Å². The summed E-state index contributed by atoms with van der Waals surface area (Å²) in [5, 5.41) is 3.05. The van der Waals surface area contributed by atoms with E-state index in [1.807, 2.05) is 0 Å². The molecule has 2 aromatic heterocycles. The SMILES string of the molecule is C=CCNc1nc2c(c(=O)[nH]c(=O)n2C)n1Cc1ccc(F)cc1. The van der Waals surface area contributed by atoms with Crippen LogP contribution in [-0.2, 0) is 13.6 Å². The minimum atomic E-state index is -0.533. The number of halogens is 1. The molecule has 0 aliphatic rings. The topological polar surface area (TPSA) is 84.7 Å². The van der Waals surface area contributed by atoms with Crippen LogP contribution in [0.3, 0.4) is 0 Å². The number of aryl methyl sites for hydroxylation is 1. The minimum absolute atomic E-state index is 0.271. The molecule has 0 spiro atoms. The Balaban J connectivity index is 2.20. The molecule has 0 aliphatic carbocycles. The summed E-state index contributed by atoms with van der Waals surface area (Å²) in [7, 11) is 1.53. The number of anilines is 1. The maximum atomic E-state index is 13.1. The maximum absolute atomic E-state index is 13.1. The van der Waals surface area contributed by atoms with Crippen molar-refractivity contribution in [3.63, 3.8) is 0 Å². The first-order chi connectivity index (χ1) is 11.5. The van der Waals surface area contributed by atoms with Crippen molar-refractivity contribution >= 4 is 17.1 Å². The smallest absolute Gasteiger partial charge is 0.329 e. The van der Waals surface area contributed by atoms with Gasteiger partial charge in [-0.15, -0.1) is 6.58 Å². The van der Waals surface area contributed by atoms with Crippen LogP contribution in [0.2, 0.25) is 0 Å². The molecule has 7 nitrogen and oxygen atoms in total. The molecule has 24 heavy (non-hydrogen) atoms. The Morgan fingerprint density at radius 1 is 1.33 bits per heavy atom. The average Bonchev–Trinajstić information content (AvgIpc) is 2.92. The summed E-state index contributed by atoms with van der Waals surface area (Å²) in [6.45, 7) is 4.38. The summed E-state index contributed by atoms with van der Waals surface area (Å²) in [4.78, 5) is 30.7. The Labute approximate surface area is 136 Å². The van der Waals surface area contributed by atoms with Crippen LogP contribution < -0.4 is 16.6 Å². The monoisotopic (exact) mass is 329 g/mol. The minimum Gasteiger partial charge on any atom is -0.352 e. The lowest BCUT2D eigenvalue weighted by Gasteiger charge is -2.09. The highest BCUT2D eigenvalue weighted by Crippen LogP contribution is 2.17. The van der Waals surface area contributed by atoms with E-state index < -0.39 is 11.2 Å². The van der Waals surface area contributed by atoms with Gasteiger partial charge in [-0.2, -0.15) is 4.98 Å². The van der Waals surface area contributed by atoms with Crippen molar-refractivity contribution in [3.8, 4) is 0 Å². The summed E-state index contributed by atoms with van der Waals surface area (Å²) in [6.07, 6.45) is 1.66. The van der Waals surface area contributed by atoms with Gasteiger partial charge in [0.15, 0.2) is 11.2 Å². The van der Waals surface area contributed by atoms with Gasteiger partial charge in [-0.05, 0) is 17.7 Å². The van der Waals surface area contributed by atoms with Crippen LogP contribution in [0.1, 0.15) is 5.56 Å². The first-order valence-corrected chi connectivity index (χ1v) is 7.30. The van der Waals surface area contributed by atoms with Crippen molar-refractivity contribution in [1.29, 1.82) is 0 Å². The normalized spacial score (nSPS) is 10.9. The molecule has 0 radical (unpaired) electrons. The molecule has 0 amide bonds. The number of nitrogens with zero attached hydrogens (tertiary/aromatic N) is 3. The molecule has 8 heteroatoms. The molecule has 0 bridgehead atoms. The molecule has 2 heterocycles. The Morgan fingerprint density at radius 2 is 2.04 bits per heavy atom. The van der Waals surface area contributed by atoms with E-state index in [1.165, 1.54) is 23.7 Å². The van der Waals surface area contributed by atoms with Crippen molar-refractivity contribution in [2.24, 2.45) is 7.05 Å². The Morgan fingerprint density at radius 3 is 2.71 bits per heavy atom. The van der Waals surface area contributed by atoms with Gasteiger partial charge in [0.1, 0.15) is 5.82 Å². The molecule has 3 rings (SSSR count). The molecule has 0 fully saturated rings. The number of hydrogen-bond donors (Lipinski definition) is 2. The molecule has 3 aromatic rings. The molecule has 1 aromatic carbocycles. The van der Waals surface area contributed by atoms with E-state index in [0.29, 0.717) is 19.0 Å². The van der Waals surface area contributed by atoms with Crippen LogP contribution in [-0.4, -0.2) is 25.6 Å². The lowest BCUT2D eigenvalue weighted by Crippen LogP contribution is -2.29. The lowest BCUT2D eigenvalue weighted by molar-refractivity contribution is 0.626. The van der Waals surface area contributed by atoms with Crippen LogP contribution in [0.25, 0.3) is 11.2 Å². The van der Waals surface area contributed by atoms with E-state index in [0.717, 1.165) is 5.56 Å². The fourth-order valence-electron chi connectivity index (χ4n) is 2.46. The van der Waals surface area contributed by atoms with E-state index in [-0.39, 0.29) is 17.0 Å². The zero-order chi connectivity index (χ0) is 17.3. The standard InChI is InChI=1S/C16H16FN5O2/c1-3-8-18-15-19-13-12(14(23)20-16(24)21(13)2)22(15)9-10-4-6-11(17)7-5-10/h3-7H,1,8-9H2,2H3,(H,18,19)(H,20,23,24). The van der Waals surface area contributed by atoms with Crippen molar-refractivity contribution in [1.82, 2.24) is 19.1 Å². The largest absolute Gasteiger partial charge is 0.352 e. The maximum Gasteiger partial charge on any atom is 0.329 e. The number of aromatic nitrogens is 4. The quantitative estimate of drug-likeness (QED) is 0.689. The average molecular weight is 329 g/mol. The Kier molecular flexibility index (Phi) is 4.03. The first kappa shape index (κ1) is 15.7. The molecular weight excluding hydrogens is 313 g/mol. The summed E-state index contributed by atoms with van der Waals surface area (Å²) in [5.41, 5.74) is 0.291. The van der Waals surface area contributed by atoms with Gasteiger partial charge < -0.3 is 5.32 Å². The van der Waals surface area contributed by atoms with Gasteiger partial charge in [-0.1, -0.05) is 18.2 Å². The van der Waals surface area contributed by atoms with Gasteiger partial charge in [0.25, 0.3) is 5.56 Å². The number of imidazole rings is 1. The third-order valence-electron chi connectivity index (χ3n) is 3.67. The highest BCUT2D eigenvalue weighted by Gasteiger charge is 2.17. The molecule has 0 unspecified atom stereocenters. The van der Waals surface area contributed by atoms with Crippen LogP contribution in [0.15, 0.2) is 46.5 Å². The fraction of sp³-hybridized carbons (Fsp3) is 0.188. The summed E-state index contributed by atoms with van der Waals surface area (Å²) >= 11 is 0. The van der Waals surface area contributed by atoms with E-state index in [2.05, 4.69) is 21.9 Å². The van der Waals surface area contributed by atoms with Gasteiger partial charge >= 0.3 is 5.69 Å². The Bertz CT molecular complexity index is 1010. The summed E-state index contributed by atoms with van der Waals surface area (Å²) in [6, 6.07) is 5.97. The summed E-state index contributed by atoms with van der Waals surface area (Å²) in [5.74, 6) is 0.0976. The van der Waals surface area contributed by atoms with Gasteiger partial charge in [0, 0.05) is 13.6 Å². The highest BCUT2D eigenvalue weighted by atomic mass is 19.1. The van der Waals surface area contributed by atoms with Gasteiger partial charge in [-0.3, -0.25) is 18.9 Å². The van der Waals surface area contributed by atoms with E-state index in [4.69, 9.17) is 0 Å². The second-order valence-electron chi connectivity index (χ2n) is 5.31. The van der Waals surface area contributed by atoms with Crippen LogP contribution >= 0.6 is 0 Å². The van der Waals surface area contributed by atoms with E-state index >= 15 is 0 Å². The molecule has 0 aliphatic heterocycles. The number of benzene rings is 1. The van der Waals surface area contributed by atoms with Crippen LogP contribution in [0.5, 0.6) is 0 Å². The number of H-pyrrole nitrogens is 1. The number of fused-ring (bicyclic) bond motifs is 1. The molecule has 124 valence electrons. The molecule has 0 atom stereocenters. The Hall–Kier alpha value is -3.16. The molecule has 2 N–H and O–H groups in total. The second-order valence-corrected chi connectivity index (χ2v) is 5.31. The van der Waals surface area contributed by atoms with Crippen molar-refractivity contribution in [3.05, 3.63) is 69.1 Å². The van der Waals surface area contributed by atoms with E-state index in [9.17, 15) is 14.0 Å². The van der Waals surface area contributed by atoms with Crippen LogP contribution in [0.4, 0.5) is 10.3 Å². The fourth-order valence-corrected chi connectivity index (χ4v) is 2.46. The van der Waals surface area contributed by atoms with Crippen molar-refractivity contribution in [2.45, 2.75) is 6.54 Å². The molecule has 0 saturated carbocycles. The summed E-state index contributed by atoms with van der Waals surface area (Å²) < 4.78 is 16.0. The lowest BCUT2D eigenvalue weighted by atomic mass is 10.2. The number of nitrogens with one attached hydrogen (secondary N) is 2. The predicted molar refractivity (Wildman–Crippen MR) is 89.8 cm³/mol. The second kappa shape index (κ2) is 6.15. The van der Waals surface area contributed by atoms with Gasteiger partial charge in [0.2, 0.25) is 5.95 Å². The zero-order valence-electron chi connectivity index (χ0n) is 13.0. The zero-order valence-corrected chi connectivity index (χ0v) is 13.0. The van der Waals surface area contributed by atoms with Crippen molar-refractivity contribution < 1.29 is 4.39 Å². The van der Waals surface area contributed by atoms with Crippen molar-refractivity contribution in [2.75, 3.05) is 11.9 Å². The predicted octanol–water partition coefficient (Wildman–Crippen LogP) is 1.21. The highest BCUT2D eigenvalue weighted by molar-refractivity contribution is 5.74. The molecular formula is C16H16FN5O2. The molecule has 0 saturated heterocycles. The first-order valence-electron chi connectivity index (χ1n) is 7.30. The number of hydrogen-bond acceptors (Lipinski definition) is 4.